The Balaban J connectivity index is 2.00. The molecule has 0 aliphatic carbocycles. The Labute approximate surface area is 147 Å². The highest BCUT2D eigenvalue weighted by Gasteiger charge is 2.08. The van der Waals surface area contributed by atoms with E-state index in [9.17, 15) is 5.11 Å². The van der Waals surface area contributed by atoms with E-state index in [1.54, 1.807) is 6.07 Å². The zero-order valence-electron chi connectivity index (χ0n) is 13.1. The van der Waals surface area contributed by atoms with Crippen molar-refractivity contribution in [1.29, 1.82) is 0 Å². The summed E-state index contributed by atoms with van der Waals surface area (Å²) in [7, 11) is 0. The van der Waals surface area contributed by atoms with Crippen molar-refractivity contribution in [3.8, 4) is 5.75 Å². The number of aliphatic hydroxyl groups excluding tert-OH is 1. The van der Waals surface area contributed by atoms with E-state index in [0.717, 1.165) is 23.3 Å². The number of benzene rings is 2. The summed E-state index contributed by atoms with van der Waals surface area (Å²) in [5.74, 6) is 0.818. The number of para-hydroxylation sites is 1. The number of hydrogen-bond donors (Lipinski definition) is 2. The van der Waals surface area contributed by atoms with Crippen molar-refractivity contribution >= 4 is 23.2 Å². The van der Waals surface area contributed by atoms with E-state index in [2.05, 4.69) is 5.32 Å². The predicted molar refractivity (Wildman–Crippen MR) is 95.2 cm³/mol. The smallest absolute Gasteiger partial charge is 0.124 e. The summed E-state index contributed by atoms with van der Waals surface area (Å²) in [4.78, 5) is 0. The Hall–Kier alpha value is -1.26. The van der Waals surface area contributed by atoms with E-state index in [0.29, 0.717) is 23.2 Å². The molecule has 0 fully saturated rings. The molecule has 2 N–H and O–H groups in total. The van der Waals surface area contributed by atoms with E-state index in [-0.39, 0.29) is 12.6 Å². The average Bonchev–Trinajstić information content (AvgIpc) is 2.58. The summed E-state index contributed by atoms with van der Waals surface area (Å²) in [6.45, 7) is 3.24. The summed E-state index contributed by atoms with van der Waals surface area (Å²) in [6.07, 6.45) is 0.878. The van der Waals surface area contributed by atoms with Crippen LogP contribution in [-0.2, 0) is 13.2 Å². The average molecular weight is 354 g/mol. The number of rotatable bonds is 8. The summed E-state index contributed by atoms with van der Waals surface area (Å²) in [5, 5.41) is 13.6. The van der Waals surface area contributed by atoms with Crippen LogP contribution in [-0.4, -0.2) is 17.8 Å². The third kappa shape index (κ3) is 5.40. The maximum absolute atomic E-state index is 9.26. The number of hydrogen-bond acceptors (Lipinski definition) is 3. The molecule has 0 saturated heterocycles. The van der Waals surface area contributed by atoms with Crippen LogP contribution in [0.15, 0.2) is 42.5 Å². The van der Waals surface area contributed by atoms with Crippen molar-refractivity contribution in [3.05, 3.63) is 63.6 Å². The fourth-order valence-corrected chi connectivity index (χ4v) is 2.49. The van der Waals surface area contributed by atoms with Crippen LogP contribution in [0.1, 0.15) is 24.5 Å². The highest BCUT2D eigenvalue weighted by molar-refractivity contribution is 6.42. The Kier molecular flexibility index (Phi) is 7.18. The van der Waals surface area contributed by atoms with Crippen molar-refractivity contribution in [2.24, 2.45) is 0 Å². The zero-order valence-corrected chi connectivity index (χ0v) is 14.6. The first-order valence-corrected chi connectivity index (χ1v) is 8.38. The maximum Gasteiger partial charge on any atom is 0.124 e. The molecule has 0 bridgehead atoms. The summed E-state index contributed by atoms with van der Waals surface area (Å²) in [6, 6.07) is 13.4. The molecule has 2 rings (SSSR count). The molecule has 2 aromatic rings. The Morgan fingerprint density at radius 3 is 2.61 bits per heavy atom. The standard InChI is InChI=1S/C18H21Cl2NO2/c1-2-15(11-22)21-10-14-5-3-4-6-18(14)23-12-13-7-8-16(19)17(20)9-13/h3-9,15,21-22H,2,10-12H2,1H3/t15-/m0/s1. The molecule has 2 aromatic carbocycles. The highest BCUT2D eigenvalue weighted by atomic mass is 35.5. The Morgan fingerprint density at radius 1 is 1.13 bits per heavy atom. The Bertz CT molecular complexity index is 630. The summed E-state index contributed by atoms with van der Waals surface area (Å²) >= 11 is 11.9. The molecule has 0 radical (unpaired) electrons. The molecule has 0 unspecified atom stereocenters. The molecule has 1 atom stereocenters. The topological polar surface area (TPSA) is 41.5 Å². The normalized spacial score (nSPS) is 12.2. The molecule has 23 heavy (non-hydrogen) atoms. The first-order valence-electron chi connectivity index (χ1n) is 7.63. The second kappa shape index (κ2) is 9.14. The molecule has 0 aromatic heterocycles. The maximum atomic E-state index is 9.26. The highest BCUT2D eigenvalue weighted by Crippen LogP contribution is 2.24. The van der Waals surface area contributed by atoms with Gasteiger partial charge in [-0.1, -0.05) is 54.4 Å². The van der Waals surface area contributed by atoms with Crippen molar-refractivity contribution in [2.75, 3.05) is 6.61 Å². The van der Waals surface area contributed by atoms with Gasteiger partial charge in [-0.2, -0.15) is 0 Å². The van der Waals surface area contributed by atoms with Gasteiger partial charge in [-0.3, -0.25) is 0 Å². The van der Waals surface area contributed by atoms with Gasteiger partial charge >= 0.3 is 0 Å². The first-order chi connectivity index (χ1) is 11.1. The molecule has 0 saturated carbocycles. The number of halogens is 2. The zero-order chi connectivity index (χ0) is 16.7. The summed E-state index contributed by atoms with van der Waals surface area (Å²) in [5.41, 5.74) is 2.02. The second-order valence-electron chi connectivity index (χ2n) is 5.31. The van der Waals surface area contributed by atoms with Gasteiger partial charge in [-0.25, -0.2) is 0 Å². The van der Waals surface area contributed by atoms with Crippen LogP contribution in [0.2, 0.25) is 10.0 Å². The van der Waals surface area contributed by atoms with Gasteiger partial charge in [0.15, 0.2) is 0 Å². The van der Waals surface area contributed by atoms with E-state index in [1.807, 2.05) is 43.3 Å². The molecule has 0 aliphatic heterocycles. The largest absolute Gasteiger partial charge is 0.489 e. The van der Waals surface area contributed by atoms with Gasteiger partial charge in [-0.15, -0.1) is 0 Å². The lowest BCUT2D eigenvalue weighted by molar-refractivity contribution is 0.237. The number of nitrogens with one attached hydrogen (secondary N) is 1. The fourth-order valence-electron chi connectivity index (χ4n) is 2.17. The van der Waals surface area contributed by atoms with E-state index in [1.165, 1.54) is 0 Å². The fraction of sp³-hybridized carbons (Fsp3) is 0.333. The van der Waals surface area contributed by atoms with Gasteiger partial charge < -0.3 is 15.2 Å². The quantitative estimate of drug-likeness (QED) is 0.737. The number of ether oxygens (including phenoxy) is 1. The lowest BCUT2D eigenvalue weighted by Crippen LogP contribution is -2.31. The molecule has 0 amide bonds. The van der Waals surface area contributed by atoms with Gasteiger partial charge in [0.05, 0.1) is 16.7 Å². The van der Waals surface area contributed by atoms with Crippen molar-refractivity contribution in [3.63, 3.8) is 0 Å². The van der Waals surface area contributed by atoms with Gasteiger partial charge in [0, 0.05) is 18.2 Å². The molecule has 0 heterocycles. The van der Waals surface area contributed by atoms with E-state index < -0.39 is 0 Å². The second-order valence-corrected chi connectivity index (χ2v) is 6.13. The van der Waals surface area contributed by atoms with Crippen LogP contribution >= 0.6 is 23.2 Å². The third-order valence-electron chi connectivity index (χ3n) is 3.65. The minimum atomic E-state index is 0.0955. The molecular formula is C18H21Cl2NO2. The van der Waals surface area contributed by atoms with E-state index >= 15 is 0 Å². The van der Waals surface area contributed by atoms with Gasteiger partial charge in [0.2, 0.25) is 0 Å². The minimum absolute atomic E-state index is 0.0955. The molecule has 3 nitrogen and oxygen atoms in total. The van der Waals surface area contributed by atoms with Crippen LogP contribution in [0, 0.1) is 0 Å². The first kappa shape index (κ1) is 18.1. The third-order valence-corrected chi connectivity index (χ3v) is 4.38. The minimum Gasteiger partial charge on any atom is -0.489 e. The Morgan fingerprint density at radius 2 is 1.91 bits per heavy atom. The lowest BCUT2D eigenvalue weighted by Gasteiger charge is -2.16. The SMILES string of the molecule is CC[C@@H](CO)NCc1ccccc1OCc1ccc(Cl)c(Cl)c1. The van der Waals surface area contributed by atoms with Crippen LogP contribution in [0.3, 0.4) is 0 Å². The van der Waals surface area contributed by atoms with Crippen LogP contribution in [0.4, 0.5) is 0 Å². The lowest BCUT2D eigenvalue weighted by atomic mass is 10.1. The molecular weight excluding hydrogens is 333 g/mol. The summed E-state index contributed by atoms with van der Waals surface area (Å²) < 4.78 is 5.91. The van der Waals surface area contributed by atoms with Gasteiger partial charge in [0.1, 0.15) is 12.4 Å². The van der Waals surface area contributed by atoms with Crippen LogP contribution in [0.5, 0.6) is 5.75 Å². The van der Waals surface area contributed by atoms with Crippen LogP contribution in [0.25, 0.3) is 0 Å². The predicted octanol–water partition coefficient (Wildman–Crippen LogP) is 4.43. The molecule has 0 spiro atoms. The van der Waals surface area contributed by atoms with Crippen molar-refractivity contribution in [2.45, 2.75) is 32.5 Å². The molecule has 0 aliphatic rings. The van der Waals surface area contributed by atoms with Gasteiger partial charge in [-0.05, 0) is 30.2 Å². The monoisotopic (exact) mass is 353 g/mol. The van der Waals surface area contributed by atoms with Crippen molar-refractivity contribution in [1.82, 2.24) is 5.32 Å². The van der Waals surface area contributed by atoms with E-state index in [4.69, 9.17) is 27.9 Å². The molecule has 124 valence electrons. The van der Waals surface area contributed by atoms with Crippen LogP contribution < -0.4 is 10.1 Å². The van der Waals surface area contributed by atoms with Gasteiger partial charge in [0.25, 0.3) is 0 Å². The van der Waals surface area contributed by atoms with Crippen molar-refractivity contribution < 1.29 is 9.84 Å². The number of aliphatic hydroxyl groups is 1. The molecule has 5 heteroatoms.